The lowest BCUT2D eigenvalue weighted by atomic mass is 9.73. The molecule has 1 aliphatic carbocycles. The van der Waals surface area contributed by atoms with Crippen LogP contribution in [0, 0.1) is 0 Å². The zero-order valence-electron chi connectivity index (χ0n) is 11.3. The molecule has 0 aliphatic heterocycles. The molecule has 0 heterocycles. The van der Waals surface area contributed by atoms with Crippen molar-refractivity contribution in [3.63, 3.8) is 0 Å². The highest BCUT2D eigenvalue weighted by Crippen LogP contribution is 2.43. The molecule has 0 atom stereocenters. The first-order valence-electron chi connectivity index (χ1n) is 7.08. The van der Waals surface area contributed by atoms with E-state index < -0.39 is 0 Å². The van der Waals surface area contributed by atoms with Crippen molar-refractivity contribution in [2.45, 2.75) is 31.1 Å². The Bertz CT molecular complexity index is 595. The number of rotatable bonds is 3. The molecule has 0 unspecified atom stereocenters. The van der Waals surface area contributed by atoms with Crippen LogP contribution in [0.4, 0.5) is 0 Å². The third kappa shape index (κ3) is 2.27. The Hall–Kier alpha value is -1.60. The van der Waals surface area contributed by atoms with Gasteiger partial charge in [-0.3, -0.25) is 4.79 Å². The number of halogens is 1. The number of ketones is 1. The van der Waals surface area contributed by atoms with E-state index in [0.717, 1.165) is 36.8 Å². The van der Waals surface area contributed by atoms with E-state index in [9.17, 15) is 4.79 Å². The average Bonchev–Trinajstić information content (AvgIpc) is 2.99. The number of carbonyl (C=O) groups is 1. The van der Waals surface area contributed by atoms with Gasteiger partial charge in [-0.15, -0.1) is 0 Å². The quantitative estimate of drug-likeness (QED) is 0.722. The van der Waals surface area contributed by atoms with E-state index in [1.165, 1.54) is 0 Å². The molecule has 0 N–H and O–H groups in total. The molecule has 0 spiro atoms. The Morgan fingerprint density at radius 3 is 2.10 bits per heavy atom. The van der Waals surface area contributed by atoms with Crippen LogP contribution < -0.4 is 0 Å². The predicted molar refractivity (Wildman–Crippen MR) is 82.4 cm³/mol. The summed E-state index contributed by atoms with van der Waals surface area (Å²) in [6, 6.07) is 17.5. The Balaban J connectivity index is 2.03. The summed E-state index contributed by atoms with van der Waals surface area (Å²) in [5, 5.41) is 0.668. The number of Topliss-reactive ketones (excluding diaryl/α,β-unsaturated/α-hetero) is 1. The van der Waals surface area contributed by atoms with E-state index in [1.54, 1.807) is 12.1 Å². The van der Waals surface area contributed by atoms with Crippen molar-refractivity contribution in [2.75, 3.05) is 0 Å². The van der Waals surface area contributed by atoms with Gasteiger partial charge in [0.15, 0.2) is 5.78 Å². The first kappa shape index (κ1) is 13.4. The second-order valence-electron chi connectivity index (χ2n) is 5.49. The molecule has 1 nitrogen and oxygen atoms in total. The van der Waals surface area contributed by atoms with Gasteiger partial charge in [0.25, 0.3) is 0 Å². The lowest BCUT2D eigenvalue weighted by Crippen LogP contribution is -2.33. The minimum absolute atomic E-state index is 0.234. The second kappa shape index (κ2) is 5.41. The van der Waals surface area contributed by atoms with Crippen LogP contribution in [0.25, 0.3) is 0 Å². The Kier molecular flexibility index (Phi) is 3.62. The van der Waals surface area contributed by atoms with Gasteiger partial charge in [0.2, 0.25) is 0 Å². The van der Waals surface area contributed by atoms with E-state index in [4.69, 9.17) is 11.6 Å². The second-order valence-corrected chi connectivity index (χ2v) is 5.93. The summed E-state index contributed by atoms with van der Waals surface area (Å²) in [5.41, 5.74) is 1.58. The Morgan fingerprint density at radius 1 is 0.900 bits per heavy atom. The first-order valence-corrected chi connectivity index (χ1v) is 7.46. The molecule has 1 saturated carbocycles. The number of benzene rings is 2. The van der Waals surface area contributed by atoms with Crippen molar-refractivity contribution < 1.29 is 4.79 Å². The fourth-order valence-electron chi connectivity index (χ4n) is 3.26. The molecular weight excluding hydrogens is 268 g/mol. The van der Waals surface area contributed by atoms with Gasteiger partial charge in [0.1, 0.15) is 0 Å². The van der Waals surface area contributed by atoms with E-state index in [-0.39, 0.29) is 11.2 Å². The van der Waals surface area contributed by atoms with Crippen molar-refractivity contribution in [2.24, 2.45) is 0 Å². The Labute approximate surface area is 124 Å². The topological polar surface area (TPSA) is 17.1 Å². The maximum Gasteiger partial charge on any atom is 0.173 e. The van der Waals surface area contributed by atoms with Crippen LogP contribution in [0.3, 0.4) is 0 Å². The summed E-state index contributed by atoms with van der Waals surface area (Å²) < 4.78 is 0. The van der Waals surface area contributed by atoms with Crippen LogP contribution >= 0.6 is 11.6 Å². The predicted octanol–water partition coefficient (Wildman–Crippen LogP) is 5.03. The van der Waals surface area contributed by atoms with Crippen molar-refractivity contribution in [1.29, 1.82) is 0 Å². The van der Waals surface area contributed by atoms with Crippen molar-refractivity contribution in [1.82, 2.24) is 0 Å². The standard InChI is InChI=1S/C18H17ClO/c19-16-10-8-14(9-11-16)17(20)18(12-4-5-13-18)15-6-2-1-3-7-15/h1-3,6-11H,4-5,12-13H2. The zero-order chi connectivity index (χ0) is 14.0. The van der Waals surface area contributed by atoms with Crippen LogP contribution in [0.5, 0.6) is 0 Å². The molecule has 2 aromatic carbocycles. The molecule has 0 aromatic heterocycles. The monoisotopic (exact) mass is 284 g/mol. The molecule has 20 heavy (non-hydrogen) atoms. The molecule has 0 radical (unpaired) electrons. The van der Waals surface area contributed by atoms with Crippen molar-refractivity contribution in [3.05, 3.63) is 70.7 Å². The first-order chi connectivity index (χ1) is 9.72. The summed E-state index contributed by atoms with van der Waals surface area (Å²) in [4.78, 5) is 13.0. The lowest BCUT2D eigenvalue weighted by molar-refractivity contribution is 0.0886. The summed E-state index contributed by atoms with van der Waals surface area (Å²) in [6.07, 6.45) is 4.12. The van der Waals surface area contributed by atoms with Crippen LogP contribution in [0.1, 0.15) is 41.6 Å². The molecule has 0 bridgehead atoms. The molecule has 2 aromatic rings. The van der Waals surface area contributed by atoms with Gasteiger partial charge in [0.05, 0.1) is 5.41 Å². The zero-order valence-corrected chi connectivity index (χ0v) is 12.1. The highest BCUT2D eigenvalue weighted by Gasteiger charge is 2.42. The third-order valence-electron chi connectivity index (χ3n) is 4.32. The minimum Gasteiger partial charge on any atom is -0.293 e. The highest BCUT2D eigenvalue weighted by atomic mass is 35.5. The molecule has 3 rings (SSSR count). The van der Waals surface area contributed by atoms with Crippen molar-refractivity contribution >= 4 is 17.4 Å². The maximum atomic E-state index is 13.0. The summed E-state index contributed by atoms with van der Waals surface area (Å²) in [6.45, 7) is 0. The summed E-state index contributed by atoms with van der Waals surface area (Å²) in [5.74, 6) is 0.234. The fourth-order valence-corrected chi connectivity index (χ4v) is 3.39. The molecular formula is C18H17ClO. The molecule has 0 saturated heterocycles. The Morgan fingerprint density at radius 2 is 1.50 bits per heavy atom. The lowest BCUT2D eigenvalue weighted by Gasteiger charge is -2.28. The third-order valence-corrected chi connectivity index (χ3v) is 4.58. The van der Waals surface area contributed by atoms with Gasteiger partial charge in [0, 0.05) is 10.6 Å². The van der Waals surface area contributed by atoms with E-state index in [1.807, 2.05) is 30.3 Å². The van der Waals surface area contributed by atoms with Crippen LogP contribution in [0.15, 0.2) is 54.6 Å². The fraction of sp³-hybridized carbons (Fsp3) is 0.278. The number of carbonyl (C=O) groups excluding carboxylic acids is 1. The van der Waals surface area contributed by atoms with Gasteiger partial charge in [-0.1, -0.05) is 54.8 Å². The minimum atomic E-state index is -0.338. The molecule has 1 aliphatic rings. The molecule has 2 heteroatoms. The SMILES string of the molecule is O=C(c1ccc(Cl)cc1)C1(c2ccccc2)CCCC1. The number of hydrogen-bond acceptors (Lipinski definition) is 1. The normalized spacial score (nSPS) is 17.1. The molecule has 1 fully saturated rings. The van der Waals surface area contributed by atoms with E-state index >= 15 is 0 Å². The largest absolute Gasteiger partial charge is 0.293 e. The summed E-state index contributed by atoms with van der Waals surface area (Å²) >= 11 is 5.92. The molecule has 0 amide bonds. The van der Waals surface area contributed by atoms with Gasteiger partial charge < -0.3 is 0 Å². The highest BCUT2D eigenvalue weighted by molar-refractivity contribution is 6.30. The van der Waals surface area contributed by atoms with Gasteiger partial charge in [-0.2, -0.15) is 0 Å². The van der Waals surface area contributed by atoms with Gasteiger partial charge in [-0.05, 0) is 42.7 Å². The summed E-state index contributed by atoms with van der Waals surface area (Å²) in [7, 11) is 0. The van der Waals surface area contributed by atoms with Gasteiger partial charge >= 0.3 is 0 Å². The average molecular weight is 285 g/mol. The van der Waals surface area contributed by atoms with Crippen LogP contribution in [-0.4, -0.2) is 5.78 Å². The van der Waals surface area contributed by atoms with E-state index in [2.05, 4.69) is 12.1 Å². The van der Waals surface area contributed by atoms with Crippen LogP contribution in [0.2, 0.25) is 5.02 Å². The van der Waals surface area contributed by atoms with Crippen molar-refractivity contribution in [3.8, 4) is 0 Å². The van der Waals surface area contributed by atoms with Gasteiger partial charge in [-0.25, -0.2) is 0 Å². The number of hydrogen-bond donors (Lipinski definition) is 0. The van der Waals surface area contributed by atoms with Crippen LogP contribution in [-0.2, 0) is 5.41 Å². The maximum absolute atomic E-state index is 13.0. The smallest absolute Gasteiger partial charge is 0.173 e. The molecule has 102 valence electrons. The van der Waals surface area contributed by atoms with E-state index in [0.29, 0.717) is 5.02 Å².